The molecule has 0 saturated heterocycles. The van der Waals surface area contributed by atoms with Crippen molar-refractivity contribution in [3.8, 4) is 0 Å². The summed E-state index contributed by atoms with van der Waals surface area (Å²) in [7, 11) is 0. The van der Waals surface area contributed by atoms with Gasteiger partial charge in [0.25, 0.3) is 0 Å². The van der Waals surface area contributed by atoms with E-state index < -0.39 is 5.41 Å². The van der Waals surface area contributed by atoms with Crippen LogP contribution in [0.3, 0.4) is 0 Å². The summed E-state index contributed by atoms with van der Waals surface area (Å²) in [5.41, 5.74) is 0.165. The van der Waals surface area contributed by atoms with Gasteiger partial charge in [-0.05, 0) is 130 Å². The molecule has 0 aromatic heterocycles. The molecule has 1 atom stereocenters. The number of carbonyl (C=O) groups is 1. The monoisotopic (exact) mass is 1350 g/mol. The van der Waals surface area contributed by atoms with Crippen molar-refractivity contribution in [3.05, 3.63) is 0 Å². The molecule has 0 radical (unpaired) electrons. The second kappa shape index (κ2) is 64.1. The number of hydrogen-bond donors (Lipinski definition) is 0. The van der Waals surface area contributed by atoms with E-state index in [1.165, 1.54) is 437 Å². The van der Waals surface area contributed by atoms with Crippen molar-refractivity contribution in [1.82, 2.24) is 0 Å². The molecule has 2 nitrogen and oxygen atoms in total. The second-order valence-corrected chi connectivity index (χ2v) is 33.5. The summed E-state index contributed by atoms with van der Waals surface area (Å²) < 4.78 is 7.15. The van der Waals surface area contributed by atoms with E-state index in [-0.39, 0.29) is 33.0 Å². The van der Waals surface area contributed by atoms with E-state index in [0.717, 1.165) is 12.8 Å². The summed E-state index contributed by atoms with van der Waals surface area (Å²) in [5, 5.41) is 0. The SMILES string of the molecule is CCCCCCC(C(CCCCCC)(CCCCCC)C(=O)OCC)C(CCCCCC)(CCCCCC)C(CCCCCC)(CCCCCC)C(CCCCCC)(CCCCCC)C(CCCCCC)(CCCCCC)C(CCCCCC)(CCCCCC)CCCCCC. The number of ether oxygens (including phenoxy) is 1. The standard InChI is InChI=1S/C94H188O2/c1-16-31-45-59-73-87(90(88(95)96-30-15,77-63-49-35-20-5)78-64-50-36-21-6)91(79-65-51-37-22-7,80-66-52-38-23-8)93(83-69-55-41-26-11,84-70-56-42-27-12)94(85-71-57-43-28-13,86-72-58-44-29-14)92(81-67-53-39-24-9,82-68-54-40-25-10)89(74-60-46-32-17-2,75-61-47-33-18-3)76-62-48-34-19-4/h87H,16-86H2,1-15H3. The van der Waals surface area contributed by atoms with Crippen molar-refractivity contribution in [1.29, 1.82) is 0 Å². The third-order valence-corrected chi connectivity index (χ3v) is 26.3. The maximum absolute atomic E-state index is 17.2. The van der Waals surface area contributed by atoms with E-state index >= 15 is 4.79 Å². The molecule has 0 aromatic rings. The lowest BCUT2D eigenvalue weighted by molar-refractivity contribution is -0.267. The molecule has 576 valence electrons. The van der Waals surface area contributed by atoms with Gasteiger partial charge in [0.1, 0.15) is 0 Å². The molecule has 0 aromatic carbocycles. The summed E-state index contributed by atoms with van der Waals surface area (Å²) in [6, 6.07) is 0. The third-order valence-electron chi connectivity index (χ3n) is 26.3. The average molecular weight is 1350 g/mol. The van der Waals surface area contributed by atoms with Gasteiger partial charge in [0.05, 0.1) is 12.0 Å². The Morgan fingerprint density at radius 3 is 0.677 bits per heavy atom. The van der Waals surface area contributed by atoms with Crippen molar-refractivity contribution in [2.75, 3.05) is 6.61 Å². The summed E-state index contributed by atoms with van der Waals surface area (Å²) in [6.45, 7) is 37.7. The zero-order chi connectivity index (χ0) is 71.1. The Hall–Kier alpha value is -0.530. The van der Waals surface area contributed by atoms with Gasteiger partial charge in [-0.25, -0.2) is 0 Å². The first-order chi connectivity index (χ1) is 47.0. The molecular formula is C94H188O2. The molecule has 2 heteroatoms. The fourth-order valence-corrected chi connectivity index (χ4v) is 21.4. The number of rotatable bonds is 78. The van der Waals surface area contributed by atoms with Crippen LogP contribution in [0.4, 0.5) is 0 Å². The predicted octanol–water partition coefficient (Wildman–Crippen LogP) is 34.7. The molecule has 0 heterocycles. The Balaban J connectivity index is 12.2. The Kier molecular flexibility index (Phi) is 63.7. The molecule has 96 heavy (non-hydrogen) atoms. The molecule has 0 spiro atoms. The van der Waals surface area contributed by atoms with Crippen molar-refractivity contribution in [2.24, 2.45) is 38.4 Å². The smallest absolute Gasteiger partial charge is 0.312 e. The molecule has 1 unspecified atom stereocenters. The fourth-order valence-electron chi connectivity index (χ4n) is 21.4. The summed E-state index contributed by atoms with van der Waals surface area (Å²) >= 11 is 0. The minimum Gasteiger partial charge on any atom is -0.466 e. The first kappa shape index (κ1) is 95.5. The fraction of sp³-hybridized carbons (Fsp3) is 0.989. The molecular weight excluding hydrogens is 1160 g/mol. The maximum Gasteiger partial charge on any atom is 0.312 e. The number of esters is 1. The van der Waals surface area contributed by atoms with Crippen molar-refractivity contribution < 1.29 is 9.53 Å². The largest absolute Gasteiger partial charge is 0.466 e. The number of unbranched alkanes of at least 4 members (excludes halogenated alkanes) is 42. The molecule has 0 aliphatic carbocycles. The van der Waals surface area contributed by atoms with Crippen molar-refractivity contribution in [3.63, 3.8) is 0 Å². The molecule has 0 aliphatic heterocycles. The first-order valence-corrected chi connectivity index (χ1v) is 46.1. The van der Waals surface area contributed by atoms with E-state index in [2.05, 4.69) is 104 Å². The Morgan fingerprint density at radius 2 is 0.427 bits per heavy atom. The zero-order valence-corrected chi connectivity index (χ0v) is 70.1. The van der Waals surface area contributed by atoms with Gasteiger partial charge in [-0.2, -0.15) is 0 Å². The van der Waals surface area contributed by atoms with Gasteiger partial charge in [0.15, 0.2) is 0 Å². The molecule has 0 aliphatic rings. The Morgan fingerprint density at radius 1 is 0.219 bits per heavy atom. The van der Waals surface area contributed by atoms with Crippen LogP contribution >= 0.6 is 0 Å². The van der Waals surface area contributed by atoms with Gasteiger partial charge in [0.2, 0.25) is 0 Å². The summed E-state index contributed by atoms with van der Waals surface area (Å²) in [6.07, 6.45) is 94.7. The van der Waals surface area contributed by atoms with Gasteiger partial charge >= 0.3 is 5.97 Å². The lowest BCUT2D eigenvalue weighted by Gasteiger charge is -2.75. The van der Waals surface area contributed by atoms with Crippen molar-refractivity contribution in [2.45, 2.75) is 553 Å². The van der Waals surface area contributed by atoms with Crippen LogP contribution in [0.5, 0.6) is 0 Å². The Labute approximate surface area is 610 Å². The van der Waals surface area contributed by atoms with Crippen LogP contribution in [0.2, 0.25) is 0 Å². The lowest BCUT2D eigenvalue weighted by Crippen LogP contribution is -2.68. The highest BCUT2D eigenvalue weighted by Gasteiger charge is 2.73. The second-order valence-electron chi connectivity index (χ2n) is 33.5. The quantitative estimate of drug-likeness (QED) is 0.0448. The average Bonchev–Trinajstić information content (AvgIpc) is 0.673. The Bertz CT molecular complexity index is 1510. The molecule has 0 N–H and O–H groups in total. The van der Waals surface area contributed by atoms with E-state index in [9.17, 15) is 0 Å². The van der Waals surface area contributed by atoms with Crippen LogP contribution in [0.15, 0.2) is 0 Å². The van der Waals surface area contributed by atoms with E-state index in [1.54, 1.807) is 0 Å². The van der Waals surface area contributed by atoms with E-state index in [1.807, 2.05) is 0 Å². The molecule has 0 amide bonds. The zero-order valence-electron chi connectivity index (χ0n) is 70.1. The van der Waals surface area contributed by atoms with Crippen LogP contribution in [0, 0.1) is 38.4 Å². The topological polar surface area (TPSA) is 26.3 Å². The van der Waals surface area contributed by atoms with Gasteiger partial charge in [-0.15, -0.1) is 0 Å². The highest BCUT2D eigenvalue weighted by atomic mass is 16.5. The maximum atomic E-state index is 17.2. The van der Waals surface area contributed by atoms with Crippen molar-refractivity contribution >= 4 is 5.97 Å². The van der Waals surface area contributed by atoms with Gasteiger partial charge in [-0.3, -0.25) is 4.79 Å². The van der Waals surface area contributed by atoms with Crippen LogP contribution in [-0.2, 0) is 9.53 Å². The normalized spacial score (nSPS) is 13.2. The molecule has 0 bridgehead atoms. The van der Waals surface area contributed by atoms with E-state index in [4.69, 9.17) is 4.74 Å². The molecule has 0 rings (SSSR count). The van der Waals surface area contributed by atoms with Crippen LogP contribution in [-0.4, -0.2) is 12.6 Å². The van der Waals surface area contributed by atoms with Gasteiger partial charge < -0.3 is 4.74 Å². The predicted molar refractivity (Wildman–Crippen MR) is 437 cm³/mol. The number of carbonyl (C=O) groups excluding carboxylic acids is 1. The minimum absolute atomic E-state index is 0.00658. The van der Waals surface area contributed by atoms with Crippen LogP contribution < -0.4 is 0 Å². The van der Waals surface area contributed by atoms with Crippen LogP contribution in [0.1, 0.15) is 553 Å². The summed E-state index contributed by atoms with van der Waals surface area (Å²) in [4.78, 5) is 17.2. The first-order valence-electron chi connectivity index (χ1n) is 46.1. The third kappa shape index (κ3) is 33.9. The van der Waals surface area contributed by atoms with E-state index in [0.29, 0.717) is 12.5 Å². The van der Waals surface area contributed by atoms with Crippen LogP contribution in [0.25, 0.3) is 0 Å². The summed E-state index contributed by atoms with van der Waals surface area (Å²) in [5.74, 6) is 0.608. The molecule has 0 saturated carbocycles. The number of hydrogen-bond acceptors (Lipinski definition) is 2. The van der Waals surface area contributed by atoms with Gasteiger partial charge in [0, 0.05) is 0 Å². The minimum atomic E-state index is -0.490. The lowest BCUT2D eigenvalue weighted by atomic mass is 9.29. The molecule has 0 fully saturated rings. The highest BCUT2D eigenvalue weighted by molar-refractivity contribution is 5.77. The highest BCUT2D eigenvalue weighted by Crippen LogP contribution is 2.80. The van der Waals surface area contributed by atoms with Gasteiger partial charge in [-0.1, -0.05) is 456 Å².